The second-order valence-corrected chi connectivity index (χ2v) is 6.51. The fraction of sp³-hybridized carbons (Fsp3) is 0.533. The van der Waals surface area contributed by atoms with Crippen LogP contribution in [-0.2, 0) is 4.79 Å². The summed E-state index contributed by atoms with van der Waals surface area (Å²) in [6.45, 7) is 3.54. The molecule has 6 heteroatoms. The topological polar surface area (TPSA) is 53.5 Å². The second-order valence-electron chi connectivity index (χ2n) is 5.51. The van der Waals surface area contributed by atoms with Gasteiger partial charge in [0.15, 0.2) is 0 Å². The third-order valence-corrected chi connectivity index (χ3v) is 5.02. The number of aromatic nitrogens is 1. The number of nitrogens with zero attached hydrogens (tertiary/aromatic N) is 3. The standard InChI is InChI=1S/C15H19N3O2S/c1-11-4-5-12(8-16-11)14(19)18-10-21-9-13(18)15(20)17-6-2-3-7-17/h4-5,8,13H,2-3,6-7,9-10H2,1H3. The van der Waals surface area contributed by atoms with Crippen molar-refractivity contribution in [3.8, 4) is 0 Å². The number of carbonyl (C=O) groups is 2. The molecule has 0 radical (unpaired) electrons. The number of carbonyl (C=O) groups excluding carboxylic acids is 2. The Balaban J connectivity index is 1.75. The minimum Gasteiger partial charge on any atom is -0.341 e. The van der Waals surface area contributed by atoms with Crippen LogP contribution >= 0.6 is 11.8 Å². The van der Waals surface area contributed by atoms with Crippen LogP contribution in [0.1, 0.15) is 28.9 Å². The van der Waals surface area contributed by atoms with Crippen LogP contribution in [0, 0.1) is 6.92 Å². The Morgan fingerprint density at radius 2 is 2.05 bits per heavy atom. The largest absolute Gasteiger partial charge is 0.341 e. The molecule has 2 aliphatic heterocycles. The van der Waals surface area contributed by atoms with E-state index < -0.39 is 0 Å². The Kier molecular flexibility index (Phi) is 4.14. The van der Waals surface area contributed by atoms with E-state index in [-0.39, 0.29) is 17.9 Å². The summed E-state index contributed by atoms with van der Waals surface area (Å²) in [6, 6.07) is 3.29. The van der Waals surface area contributed by atoms with Gasteiger partial charge in [-0.2, -0.15) is 0 Å². The molecule has 1 aromatic rings. The maximum Gasteiger partial charge on any atom is 0.256 e. The molecule has 2 aliphatic rings. The minimum absolute atomic E-state index is 0.0925. The first-order valence-corrected chi connectivity index (χ1v) is 8.42. The molecule has 3 rings (SSSR count). The smallest absolute Gasteiger partial charge is 0.256 e. The molecule has 1 aromatic heterocycles. The van der Waals surface area contributed by atoms with E-state index in [9.17, 15) is 9.59 Å². The van der Waals surface area contributed by atoms with E-state index in [1.165, 1.54) is 0 Å². The number of thioether (sulfide) groups is 1. The first-order chi connectivity index (χ1) is 10.2. The molecule has 21 heavy (non-hydrogen) atoms. The zero-order valence-electron chi connectivity index (χ0n) is 12.1. The molecule has 0 bridgehead atoms. The lowest BCUT2D eigenvalue weighted by molar-refractivity contribution is -0.133. The van der Waals surface area contributed by atoms with Gasteiger partial charge in [-0.25, -0.2) is 0 Å². The van der Waals surface area contributed by atoms with E-state index in [0.29, 0.717) is 17.2 Å². The van der Waals surface area contributed by atoms with Crippen LogP contribution in [0.5, 0.6) is 0 Å². The molecule has 1 unspecified atom stereocenters. The van der Waals surface area contributed by atoms with Gasteiger partial charge in [0.05, 0.1) is 11.4 Å². The molecule has 3 heterocycles. The van der Waals surface area contributed by atoms with Crippen molar-refractivity contribution >= 4 is 23.6 Å². The maximum atomic E-state index is 12.6. The molecular weight excluding hydrogens is 286 g/mol. The van der Waals surface area contributed by atoms with E-state index in [1.807, 2.05) is 17.9 Å². The lowest BCUT2D eigenvalue weighted by Crippen LogP contribution is -2.48. The molecule has 1 atom stereocenters. The van der Waals surface area contributed by atoms with Gasteiger partial charge in [0.25, 0.3) is 5.91 Å². The molecule has 0 aliphatic carbocycles. The molecule has 5 nitrogen and oxygen atoms in total. The number of likely N-dealkylation sites (tertiary alicyclic amines) is 1. The summed E-state index contributed by atoms with van der Waals surface area (Å²) < 4.78 is 0. The molecule has 112 valence electrons. The summed E-state index contributed by atoms with van der Waals surface area (Å²) in [6.07, 6.45) is 3.74. The first kappa shape index (κ1) is 14.4. The van der Waals surface area contributed by atoms with Crippen LogP contribution in [0.25, 0.3) is 0 Å². The fourth-order valence-electron chi connectivity index (χ4n) is 2.76. The molecule has 0 N–H and O–H groups in total. The highest BCUT2D eigenvalue weighted by molar-refractivity contribution is 7.99. The van der Waals surface area contributed by atoms with Crippen molar-refractivity contribution in [1.82, 2.24) is 14.8 Å². The minimum atomic E-state index is -0.318. The average molecular weight is 305 g/mol. The van der Waals surface area contributed by atoms with Crippen LogP contribution in [-0.4, -0.2) is 57.4 Å². The molecule has 2 saturated heterocycles. The van der Waals surface area contributed by atoms with Gasteiger partial charge in [0.1, 0.15) is 6.04 Å². The van der Waals surface area contributed by atoms with Crippen molar-refractivity contribution in [1.29, 1.82) is 0 Å². The Morgan fingerprint density at radius 1 is 1.29 bits per heavy atom. The second kappa shape index (κ2) is 6.05. The normalized spacial score (nSPS) is 21.9. The predicted octanol–water partition coefficient (Wildman–Crippen LogP) is 1.53. The molecule has 2 fully saturated rings. The van der Waals surface area contributed by atoms with E-state index in [0.717, 1.165) is 31.6 Å². The van der Waals surface area contributed by atoms with E-state index in [1.54, 1.807) is 28.9 Å². The van der Waals surface area contributed by atoms with Gasteiger partial charge in [-0.05, 0) is 31.9 Å². The quantitative estimate of drug-likeness (QED) is 0.831. The van der Waals surface area contributed by atoms with Gasteiger partial charge in [-0.3, -0.25) is 14.6 Å². The van der Waals surface area contributed by atoms with Gasteiger partial charge in [0.2, 0.25) is 5.91 Å². The van der Waals surface area contributed by atoms with E-state index >= 15 is 0 Å². The van der Waals surface area contributed by atoms with Crippen LogP contribution in [0.4, 0.5) is 0 Å². The van der Waals surface area contributed by atoms with Crippen molar-refractivity contribution in [2.75, 3.05) is 24.7 Å². The first-order valence-electron chi connectivity index (χ1n) is 7.27. The summed E-state index contributed by atoms with van der Waals surface area (Å²) in [5.74, 6) is 1.29. The van der Waals surface area contributed by atoms with Gasteiger partial charge in [-0.1, -0.05) is 0 Å². The maximum absolute atomic E-state index is 12.6. The molecule has 0 spiro atoms. The lowest BCUT2D eigenvalue weighted by atomic mass is 10.2. The van der Waals surface area contributed by atoms with Gasteiger partial charge in [-0.15, -0.1) is 11.8 Å². The third-order valence-electron chi connectivity index (χ3n) is 4.00. The van der Waals surface area contributed by atoms with Crippen LogP contribution in [0.3, 0.4) is 0 Å². The number of hydrogen-bond donors (Lipinski definition) is 0. The summed E-state index contributed by atoms with van der Waals surface area (Å²) in [5, 5.41) is 0. The summed E-state index contributed by atoms with van der Waals surface area (Å²) in [5.41, 5.74) is 1.44. The monoisotopic (exact) mass is 305 g/mol. The van der Waals surface area contributed by atoms with E-state index in [2.05, 4.69) is 4.98 Å². The van der Waals surface area contributed by atoms with Gasteiger partial charge >= 0.3 is 0 Å². The Bertz CT molecular complexity index is 540. The van der Waals surface area contributed by atoms with Crippen LogP contribution < -0.4 is 0 Å². The summed E-state index contributed by atoms with van der Waals surface area (Å²) in [7, 11) is 0. The fourth-order valence-corrected chi connectivity index (χ4v) is 3.90. The Labute approximate surface area is 128 Å². The highest BCUT2D eigenvalue weighted by Gasteiger charge is 2.38. The van der Waals surface area contributed by atoms with Crippen molar-refractivity contribution in [3.63, 3.8) is 0 Å². The summed E-state index contributed by atoms with van der Waals surface area (Å²) in [4.78, 5) is 32.9. The van der Waals surface area contributed by atoms with Crippen molar-refractivity contribution < 1.29 is 9.59 Å². The van der Waals surface area contributed by atoms with Crippen molar-refractivity contribution in [2.45, 2.75) is 25.8 Å². The number of amides is 2. The van der Waals surface area contributed by atoms with Crippen LogP contribution in [0.2, 0.25) is 0 Å². The molecule has 0 saturated carbocycles. The molecule has 0 aromatic carbocycles. The summed E-state index contributed by atoms with van der Waals surface area (Å²) >= 11 is 1.64. The number of hydrogen-bond acceptors (Lipinski definition) is 4. The highest BCUT2D eigenvalue weighted by atomic mass is 32.2. The zero-order chi connectivity index (χ0) is 14.8. The number of pyridine rings is 1. The molecular formula is C15H19N3O2S. The van der Waals surface area contributed by atoms with Gasteiger partial charge < -0.3 is 9.80 Å². The lowest BCUT2D eigenvalue weighted by Gasteiger charge is -2.27. The zero-order valence-corrected chi connectivity index (χ0v) is 12.9. The van der Waals surface area contributed by atoms with Gasteiger partial charge in [0, 0.05) is 30.7 Å². The van der Waals surface area contributed by atoms with Crippen molar-refractivity contribution in [3.05, 3.63) is 29.6 Å². The Morgan fingerprint density at radius 3 is 2.71 bits per heavy atom. The third kappa shape index (κ3) is 2.90. The number of aryl methyl sites for hydroxylation is 1. The number of rotatable bonds is 2. The van der Waals surface area contributed by atoms with Crippen LogP contribution in [0.15, 0.2) is 18.3 Å². The predicted molar refractivity (Wildman–Crippen MR) is 82.1 cm³/mol. The molecule has 2 amide bonds. The average Bonchev–Trinajstić information content (AvgIpc) is 3.18. The SMILES string of the molecule is Cc1ccc(C(=O)N2CSCC2C(=O)N2CCCC2)cn1. The van der Waals surface area contributed by atoms with Crippen molar-refractivity contribution in [2.24, 2.45) is 0 Å². The highest BCUT2D eigenvalue weighted by Crippen LogP contribution is 2.25. The Hall–Kier alpha value is -1.56. The van der Waals surface area contributed by atoms with E-state index in [4.69, 9.17) is 0 Å².